The topological polar surface area (TPSA) is 72.2 Å². The van der Waals surface area contributed by atoms with Gasteiger partial charge in [-0.2, -0.15) is 0 Å². The number of carbonyl (C=O) groups is 2. The Bertz CT molecular complexity index is 363. The predicted molar refractivity (Wildman–Crippen MR) is 60.9 cm³/mol. The highest BCUT2D eigenvalue weighted by molar-refractivity contribution is 5.91. The molecule has 0 aliphatic heterocycles. The molecule has 0 aromatic heterocycles. The first-order valence-corrected chi connectivity index (χ1v) is 5.05. The van der Waals surface area contributed by atoms with Gasteiger partial charge in [-0.05, 0) is 5.56 Å². The minimum Gasteiger partial charge on any atom is -0.369 e. The van der Waals surface area contributed by atoms with Gasteiger partial charge in [0.1, 0.15) is 0 Å². The summed E-state index contributed by atoms with van der Waals surface area (Å²) >= 11 is 0. The number of rotatable bonds is 5. The molecular weight excluding hydrogens is 204 g/mol. The zero-order valence-electron chi connectivity index (χ0n) is 9.14. The van der Waals surface area contributed by atoms with Gasteiger partial charge in [0.25, 0.3) is 0 Å². The van der Waals surface area contributed by atoms with Crippen molar-refractivity contribution >= 4 is 11.8 Å². The van der Waals surface area contributed by atoms with Crippen LogP contribution in [0.25, 0.3) is 0 Å². The van der Waals surface area contributed by atoms with Crippen molar-refractivity contribution in [3.05, 3.63) is 42.3 Å². The summed E-state index contributed by atoms with van der Waals surface area (Å²) in [5.41, 5.74) is 6.05. The lowest BCUT2D eigenvalue weighted by atomic mass is 10.1. The minimum atomic E-state index is -0.546. The SMILES string of the molecule is C[C@@H]([CH]C(=O)NCc1ccccc1)C(N)=O. The van der Waals surface area contributed by atoms with E-state index in [-0.39, 0.29) is 5.91 Å². The third kappa shape index (κ3) is 4.13. The highest BCUT2D eigenvalue weighted by Gasteiger charge is 2.13. The van der Waals surface area contributed by atoms with Gasteiger partial charge in [0.05, 0.1) is 6.42 Å². The standard InChI is InChI=1S/C12H15N2O2/c1-9(12(13)16)7-11(15)14-8-10-5-3-2-4-6-10/h2-7,9H,8H2,1H3,(H2,13,16)(H,14,15)/t9-/m0/s1. The maximum absolute atomic E-state index is 11.4. The summed E-state index contributed by atoms with van der Waals surface area (Å²) < 4.78 is 0. The lowest BCUT2D eigenvalue weighted by molar-refractivity contribution is -0.124. The van der Waals surface area contributed by atoms with Crippen LogP contribution in [-0.2, 0) is 16.1 Å². The smallest absolute Gasteiger partial charge is 0.225 e. The molecule has 0 fully saturated rings. The largest absolute Gasteiger partial charge is 0.369 e. The Balaban J connectivity index is 2.33. The molecule has 1 aromatic rings. The van der Waals surface area contributed by atoms with Gasteiger partial charge in [0.15, 0.2) is 0 Å². The molecule has 2 amide bonds. The number of hydrogen-bond acceptors (Lipinski definition) is 2. The lowest BCUT2D eigenvalue weighted by Gasteiger charge is -2.07. The first-order chi connectivity index (χ1) is 7.59. The minimum absolute atomic E-state index is 0.282. The van der Waals surface area contributed by atoms with Crippen molar-refractivity contribution in [3.63, 3.8) is 0 Å². The summed E-state index contributed by atoms with van der Waals surface area (Å²) in [7, 11) is 0. The van der Waals surface area contributed by atoms with Crippen LogP contribution >= 0.6 is 0 Å². The van der Waals surface area contributed by atoms with Crippen molar-refractivity contribution in [3.8, 4) is 0 Å². The van der Waals surface area contributed by atoms with Crippen LogP contribution in [0.2, 0.25) is 0 Å². The molecule has 0 saturated carbocycles. The highest BCUT2D eigenvalue weighted by Crippen LogP contribution is 2.00. The molecule has 0 heterocycles. The van der Waals surface area contributed by atoms with E-state index in [2.05, 4.69) is 5.32 Å². The summed E-state index contributed by atoms with van der Waals surface area (Å²) in [4.78, 5) is 22.1. The van der Waals surface area contributed by atoms with Gasteiger partial charge in [-0.25, -0.2) is 0 Å². The first-order valence-electron chi connectivity index (χ1n) is 5.05. The van der Waals surface area contributed by atoms with Crippen LogP contribution in [-0.4, -0.2) is 11.8 Å². The Labute approximate surface area is 94.8 Å². The number of benzene rings is 1. The van der Waals surface area contributed by atoms with Gasteiger partial charge >= 0.3 is 0 Å². The summed E-state index contributed by atoms with van der Waals surface area (Å²) in [6, 6.07) is 9.54. The van der Waals surface area contributed by atoms with Crippen LogP contribution in [0.5, 0.6) is 0 Å². The van der Waals surface area contributed by atoms with E-state index in [1.165, 1.54) is 6.42 Å². The van der Waals surface area contributed by atoms with Crippen LogP contribution in [0.15, 0.2) is 30.3 Å². The van der Waals surface area contributed by atoms with E-state index in [9.17, 15) is 9.59 Å². The average Bonchev–Trinajstić information content (AvgIpc) is 2.27. The van der Waals surface area contributed by atoms with Crippen molar-refractivity contribution in [1.82, 2.24) is 5.32 Å². The summed E-state index contributed by atoms with van der Waals surface area (Å²) in [6.07, 6.45) is 1.28. The number of nitrogens with two attached hydrogens (primary N) is 1. The molecule has 0 bridgehead atoms. The van der Waals surface area contributed by atoms with Gasteiger partial charge in [-0.15, -0.1) is 0 Å². The molecule has 1 rings (SSSR count). The van der Waals surface area contributed by atoms with E-state index in [1.807, 2.05) is 30.3 Å². The summed E-state index contributed by atoms with van der Waals surface area (Å²) in [6.45, 7) is 2.03. The number of hydrogen-bond donors (Lipinski definition) is 2. The fourth-order valence-electron chi connectivity index (χ4n) is 1.15. The number of nitrogens with one attached hydrogen (secondary N) is 1. The third-order valence-electron chi connectivity index (χ3n) is 2.16. The fraction of sp³-hybridized carbons (Fsp3) is 0.250. The van der Waals surface area contributed by atoms with E-state index in [4.69, 9.17) is 5.73 Å². The predicted octanol–water partition coefficient (Wildman–Crippen LogP) is 0.628. The number of primary amides is 1. The molecule has 16 heavy (non-hydrogen) atoms. The second kappa shape index (κ2) is 5.90. The van der Waals surface area contributed by atoms with Crippen molar-refractivity contribution in [2.45, 2.75) is 13.5 Å². The van der Waals surface area contributed by atoms with Crippen LogP contribution in [0.3, 0.4) is 0 Å². The third-order valence-corrected chi connectivity index (χ3v) is 2.16. The average molecular weight is 219 g/mol. The molecule has 1 radical (unpaired) electrons. The number of carbonyl (C=O) groups excluding carboxylic acids is 2. The normalized spacial score (nSPS) is 11.8. The molecule has 0 unspecified atom stereocenters. The summed E-state index contributed by atoms with van der Waals surface area (Å²) in [5, 5.41) is 2.68. The first kappa shape index (κ1) is 12.2. The van der Waals surface area contributed by atoms with Gasteiger partial charge in [-0.3, -0.25) is 9.59 Å². The Hall–Kier alpha value is -1.84. The van der Waals surface area contributed by atoms with E-state index in [0.717, 1.165) is 5.56 Å². The van der Waals surface area contributed by atoms with Crippen molar-refractivity contribution in [1.29, 1.82) is 0 Å². The van der Waals surface area contributed by atoms with Gasteiger partial charge < -0.3 is 11.1 Å². The molecule has 1 atom stereocenters. The van der Waals surface area contributed by atoms with E-state index in [1.54, 1.807) is 6.92 Å². The van der Waals surface area contributed by atoms with Gasteiger partial charge in [0.2, 0.25) is 11.8 Å². The van der Waals surface area contributed by atoms with Crippen molar-refractivity contribution in [2.75, 3.05) is 0 Å². The zero-order valence-corrected chi connectivity index (χ0v) is 9.14. The zero-order chi connectivity index (χ0) is 12.0. The molecule has 3 N–H and O–H groups in total. The van der Waals surface area contributed by atoms with Crippen LogP contribution < -0.4 is 11.1 Å². The second-order valence-corrected chi connectivity index (χ2v) is 3.56. The summed E-state index contributed by atoms with van der Waals surface area (Å²) in [5.74, 6) is -1.33. The van der Waals surface area contributed by atoms with Gasteiger partial charge in [-0.1, -0.05) is 37.3 Å². The van der Waals surface area contributed by atoms with Gasteiger partial charge in [0, 0.05) is 12.5 Å². The molecule has 4 nitrogen and oxygen atoms in total. The van der Waals surface area contributed by atoms with Crippen molar-refractivity contribution < 1.29 is 9.59 Å². The van der Waals surface area contributed by atoms with Crippen LogP contribution in [0.1, 0.15) is 12.5 Å². The van der Waals surface area contributed by atoms with E-state index in [0.29, 0.717) is 6.54 Å². The Morgan fingerprint density at radius 2 is 2.00 bits per heavy atom. The van der Waals surface area contributed by atoms with E-state index >= 15 is 0 Å². The molecule has 1 aromatic carbocycles. The molecule has 0 aliphatic carbocycles. The second-order valence-electron chi connectivity index (χ2n) is 3.56. The molecule has 85 valence electrons. The quantitative estimate of drug-likeness (QED) is 0.762. The fourth-order valence-corrected chi connectivity index (χ4v) is 1.15. The maximum Gasteiger partial charge on any atom is 0.225 e. The highest BCUT2D eigenvalue weighted by atomic mass is 16.2. The Kier molecular flexibility index (Phi) is 4.51. The number of amides is 2. The Morgan fingerprint density at radius 1 is 1.38 bits per heavy atom. The molecule has 0 spiro atoms. The molecule has 0 aliphatic rings. The molecular formula is C12H15N2O2. The van der Waals surface area contributed by atoms with Crippen LogP contribution in [0.4, 0.5) is 0 Å². The monoisotopic (exact) mass is 219 g/mol. The lowest BCUT2D eigenvalue weighted by Crippen LogP contribution is -2.30. The van der Waals surface area contributed by atoms with E-state index < -0.39 is 11.8 Å². The van der Waals surface area contributed by atoms with Crippen LogP contribution in [0, 0.1) is 12.3 Å². The molecule has 0 saturated heterocycles. The maximum atomic E-state index is 11.4. The Morgan fingerprint density at radius 3 is 2.56 bits per heavy atom. The van der Waals surface area contributed by atoms with Crippen molar-refractivity contribution in [2.24, 2.45) is 11.7 Å². The molecule has 4 heteroatoms.